The van der Waals surface area contributed by atoms with Crippen molar-refractivity contribution in [2.24, 2.45) is 0 Å². The lowest BCUT2D eigenvalue weighted by molar-refractivity contribution is 0.104. The molecule has 1 saturated heterocycles. The van der Waals surface area contributed by atoms with E-state index in [1.807, 2.05) is 36.4 Å². The van der Waals surface area contributed by atoms with Crippen LogP contribution in [0.1, 0.15) is 31.1 Å². The molecule has 124 valence electrons. The van der Waals surface area contributed by atoms with Gasteiger partial charge in [-0.3, -0.25) is 9.11 Å². The molecule has 1 aromatic carbocycles. The Morgan fingerprint density at radius 3 is 2.83 bits per heavy atom. The third-order valence-electron chi connectivity index (χ3n) is 4.44. The van der Waals surface area contributed by atoms with Crippen molar-refractivity contribution in [3.63, 3.8) is 0 Å². The van der Waals surface area contributed by atoms with Crippen LogP contribution in [0.5, 0.6) is 0 Å². The van der Waals surface area contributed by atoms with Crippen molar-refractivity contribution in [2.75, 3.05) is 18.8 Å². The molecule has 1 fully saturated rings. The van der Waals surface area contributed by atoms with Crippen LogP contribution >= 0.6 is 0 Å². The number of nitrogens with zero attached hydrogens (tertiary/aromatic N) is 1. The summed E-state index contributed by atoms with van der Waals surface area (Å²) in [6.45, 7) is 1.82. The summed E-state index contributed by atoms with van der Waals surface area (Å²) >= 11 is 0. The summed E-state index contributed by atoms with van der Waals surface area (Å²) in [7, 11) is -0.959. The highest BCUT2D eigenvalue weighted by atomic mass is 32.2. The van der Waals surface area contributed by atoms with E-state index in [1.165, 1.54) is 0 Å². The Kier molecular flexibility index (Phi) is 5.65. The molecule has 4 nitrogen and oxygen atoms in total. The Bertz CT molecular complexity index is 614. The van der Waals surface area contributed by atoms with E-state index in [9.17, 15) is 9.32 Å². The van der Waals surface area contributed by atoms with Crippen molar-refractivity contribution in [3.8, 4) is 0 Å². The van der Waals surface area contributed by atoms with Gasteiger partial charge in [-0.25, -0.2) is 0 Å². The van der Waals surface area contributed by atoms with Gasteiger partial charge in [0.25, 0.3) is 0 Å². The SMILES string of the molecule is O=S(CCN1CCCC1CC(O)c1ccco1)c1ccccc1. The highest BCUT2D eigenvalue weighted by Crippen LogP contribution is 2.27. The topological polar surface area (TPSA) is 53.7 Å². The van der Waals surface area contributed by atoms with E-state index in [4.69, 9.17) is 4.42 Å². The molecule has 3 atom stereocenters. The fraction of sp³-hybridized carbons (Fsp3) is 0.444. The van der Waals surface area contributed by atoms with Crippen LogP contribution in [0.25, 0.3) is 0 Å². The van der Waals surface area contributed by atoms with Gasteiger partial charge in [0.2, 0.25) is 0 Å². The molecule has 1 aliphatic rings. The summed E-state index contributed by atoms with van der Waals surface area (Å²) in [5, 5.41) is 10.3. The molecule has 0 bridgehead atoms. The minimum Gasteiger partial charge on any atom is -0.467 e. The predicted molar refractivity (Wildman–Crippen MR) is 90.6 cm³/mol. The first-order valence-electron chi connectivity index (χ1n) is 8.13. The van der Waals surface area contributed by atoms with Gasteiger partial charge in [0.15, 0.2) is 0 Å². The molecule has 2 heterocycles. The smallest absolute Gasteiger partial charge is 0.132 e. The second kappa shape index (κ2) is 7.90. The van der Waals surface area contributed by atoms with Gasteiger partial charge >= 0.3 is 0 Å². The lowest BCUT2D eigenvalue weighted by atomic mass is 10.1. The molecule has 3 rings (SSSR count). The van der Waals surface area contributed by atoms with E-state index in [2.05, 4.69) is 4.90 Å². The van der Waals surface area contributed by atoms with Gasteiger partial charge < -0.3 is 9.52 Å². The number of aliphatic hydroxyl groups is 1. The van der Waals surface area contributed by atoms with Crippen LogP contribution in [-0.4, -0.2) is 39.1 Å². The van der Waals surface area contributed by atoms with Crippen LogP contribution in [-0.2, 0) is 10.8 Å². The van der Waals surface area contributed by atoms with Crippen molar-refractivity contribution in [1.29, 1.82) is 0 Å². The average Bonchev–Trinajstić information content (AvgIpc) is 3.25. The van der Waals surface area contributed by atoms with Gasteiger partial charge in [-0.2, -0.15) is 0 Å². The lowest BCUT2D eigenvalue weighted by Gasteiger charge is -2.25. The molecule has 1 N–H and O–H groups in total. The Balaban J connectivity index is 1.52. The van der Waals surface area contributed by atoms with Crippen molar-refractivity contribution in [3.05, 3.63) is 54.5 Å². The zero-order valence-electron chi connectivity index (χ0n) is 13.1. The van der Waals surface area contributed by atoms with Gasteiger partial charge in [-0.1, -0.05) is 18.2 Å². The first-order valence-corrected chi connectivity index (χ1v) is 9.45. The number of likely N-dealkylation sites (tertiary alicyclic amines) is 1. The fourth-order valence-electron chi connectivity index (χ4n) is 3.20. The van der Waals surface area contributed by atoms with Gasteiger partial charge in [0, 0.05) is 23.2 Å². The normalized spacial score (nSPS) is 21.3. The number of rotatable bonds is 7. The zero-order chi connectivity index (χ0) is 16.1. The molecular formula is C18H23NO3S. The molecule has 23 heavy (non-hydrogen) atoms. The van der Waals surface area contributed by atoms with Crippen LogP contribution < -0.4 is 0 Å². The third-order valence-corrected chi connectivity index (χ3v) is 5.79. The van der Waals surface area contributed by atoms with Gasteiger partial charge in [0.05, 0.1) is 17.1 Å². The van der Waals surface area contributed by atoms with E-state index in [-0.39, 0.29) is 0 Å². The van der Waals surface area contributed by atoms with Crippen LogP contribution in [0.4, 0.5) is 0 Å². The Labute approximate surface area is 139 Å². The lowest BCUT2D eigenvalue weighted by Crippen LogP contribution is -2.34. The fourth-order valence-corrected chi connectivity index (χ4v) is 4.30. The van der Waals surface area contributed by atoms with Crippen molar-refractivity contribution >= 4 is 10.8 Å². The predicted octanol–water partition coefficient (Wildman–Crippen LogP) is 2.98. The van der Waals surface area contributed by atoms with Crippen LogP contribution in [0.15, 0.2) is 58.0 Å². The Morgan fingerprint density at radius 2 is 2.09 bits per heavy atom. The quantitative estimate of drug-likeness (QED) is 0.846. The second-order valence-electron chi connectivity index (χ2n) is 5.96. The number of aliphatic hydroxyl groups excluding tert-OH is 1. The molecule has 0 radical (unpaired) electrons. The summed E-state index contributed by atoms with van der Waals surface area (Å²) in [6.07, 6.45) is 3.91. The molecule has 0 aliphatic carbocycles. The molecule has 3 unspecified atom stereocenters. The molecule has 5 heteroatoms. The minimum atomic E-state index is -0.959. The second-order valence-corrected chi connectivity index (χ2v) is 7.53. The first kappa shape index (κ1) is 16.4. The highest BCUT2D eigenvalue weighted by molar-refractivity contribution is 7.85. The number of furan rings is 1. The molecule has 2 aromatic rings. The molecule has 1 aromatic heterocycles. The first-order chi connectivity index (χ1) is 11.2. The standard InChI is InChI=1S/C18H23NO3S/c20-17(18-9-5-12-22-18)14-15-6-4-10-19(15)11-13-23(21)16-7-2-1-3-8-16/h1-3,5,7-9,12,15,17,20H,4,6,10-11,13-14H2. The van der Waals surface area contributed by atoms with Crippen molar-refractivity contribution in [1.82, 2.24) is 4.90 Å². The van der Waals surface area contributed by atoms with Gasteiger partial charge in [-0.05, 0) is 50.1 Å². The van der Waals surface area contributed by atoms with Gasteiger partial charge in [-0.15, -0.1) is 0 Å². The van der Waals surface area contributed by atoms with Crippen LogP contribution in [0.3, 0.4) is 0 Å². The number of hydrogen-bond donors (Lipinski definition) is 1. The molecule has 0 amide bonds. The van der Waals surface area contributed by atoms with Gasteiger partial charge in [0.1, 0.15) is 11.9 Å². The zero-order valence-corrected chi connectivity index (χ0v) is 14.0. The Morgan fingerprint density at radius 1 is 1.26 bits per heavy atom. The van der Waals surface area contributed by atoms with Crippen LogP contribution in [0, 0.1) is 0 Å². The monoisotopic (exact) mass is 333 g/mol. The largest absolute Gasteiger partial charge is 0.467 e. The van der Waals surface area contributed by atoms with E-state index >= 15 is 0 Å². The van der Waals surface area contributed by atoms with E-state index in [0.29, 0.717) is 24.0 Å². The third kappa shape index (κ3) is 4.31. The molecule has 1 aliphatic heterocycles. The maximum Gasteiger partial charge on any atom is 0.132 e. The number of hydrogen-bond acceptors (Lipinski definition) is 4. The Hall–Kier alpha value is -1.43. The summed E-state index contributed by atoms with van der Waals surface area (Å²) < 4.78 is 17.6. The van der Waals surface area contributed by atoms with Crippen LogP contribution in [0.2, 0.25) is 0 Å². The molecular weight excluding hydrogens is 310 g/mol. The summed E-state index contributed by atoms with van der Waals surface area (Å²) in [4.78, 5) is 3.24. The highest BCUT2D eigenvalue weighted by Gasteiger charge is 2.28. The average molecular weight is 333 g/mol. The molecule has 0 saturated carbocycles. The maximum absolute atomic E-state index is 12.3. The van der Waals surface area contributed by atoms with E-state index in [0.717, 1.165) is 30.8 Å². The van der Waals surface area contributed by atoms with Crippen molar-refractivity contribution in [2.45, 2.75) is 36.3 Å². The molecule has 0 spiro atoms. The summed E-state index contributed by atoms with van der Waals surface area (Å²) in [6, 6.07) is 13.6. The van der Waals surface area contributed by atoms with E-state index in [1.54, 1.807) is 12.3 Å². The summed E-state index contributed by atoms with van der Waals surface area (Å²) in [5.74, 6) is 1.27. The maximum atomic E-state index is 12.3. The minimum absolute atomic E-state index is 0.336. The summed E-state index contributed by atoms with van der Waals surface area (Å²) in [5.41, 5.74) is 0. The van der Waals surface area contributed by atoms with E-state index < -0.39 is 16.9 Å². The van der Waals surface area contributed by atoms with Crippen molar-refractivity contribution < 1.29 is 13.7 Å². The number of benzene rings is 1.